The first-order valence-electron chi connectivity index (χ1n) is 7.39. The molecule has 0 unspecified atom stereocenters. The van der Waals surface area contributed by atoms with Crippen LogP contribution in [0.5, 0.6) is 11.5 Å². The molecular weight excluding hydrogens is 314 g/mol. The summed E-state index contributed by atoms with van der Waals surface area (Å²) < 4.78 is 10.6. The van der Waals surface area contributed by atoms with Crippen LogP contribution >= 0.6 is 11.6 Å². The van der Waals surface area contributed by atoms with Crippen LogP contribution in [-0.4, -0.2) is 20.1 Å². The molecule has 23 heavy (non-hydrogen) atoms. The molecule has 0 radical (unpaired) electrons. The van der Waals surface area contributed by atoms with Crippen LogP contribution in [0.1, 0.15) is 28.8 Å². The van der Waals surface area contributed by atoms with Crippen LogP contribution in [-0.2, 0) is 5.54 Å². The summed E-state index contributed by atoms with van der Waals surface area (Å²) in [6.45, 7) is 0. The molecule has 1 aliphatic rings. The molecule has 120 valence electrons. The van der Waals surface area contributed by atoms with Crippen LogP contribution in [0.25, 0.3) is 0 Å². The summed E-state index contributed by atoms with van der Waals surface area (Å²) in [7, 11) is 3.08. The Balaban J connectivity index is 1.86. The third kappa shape index (κ3) is 2.99. The van der Waals surface area contributed by atoms with Crippen molar-refractivity contribution in [3.8, 4) is 11.5 Å². The highest BCUT2D eigenvalue weighted by molar-refractivity contribution is 6.30. The number of hydrogen-bond acceptors (Lipinski definition) is 3. The Kier molecular flexibility index (Phi) is 4.18. The molecule has 4 nitrogen and oxygen atoms in total. The number of methoxy groups -OCH3 is 2. The lowest BCUT2D eigenvalue weighted by molar-refractivity contribution is 0.0927. The molecule has 1 saturated carbocycles. The van der Waals surface area contributed by atoms with Crippen molar-refractivity contribution in [2.24, 2.45) is 0 Å². The van der Waals surface area contributed by atoms with Crippen molar-refractivity contribution >= 4 is 17.5 Å². The quantitative estimate of drug-likeness (QED) is 0.907. The molecule has 0 aromatic heterocycles. The van der Waals surface area contributed by atoms with Gasteiger partial charge in [-0.1, -0.05) is 29.8 Å². The first-order chi connectivity index (χ1) is 11.1. The Morgan fingerprint density at radius 1 is 1.09 bits per heavy atom. The number of hydrogen-bond donors (Lipinski definition) is 1. The Hall–Kier alpha value is -2.20. The highest BCUT2D eigenvalue weighted by Gasteiger charge is 2.46. The van der Waals surface area contributed by atoms with Gasteiger partial charge in [-0.2, -0.15) is 0 Å². The highest BCUT2D eigenvalue weighted by Crippen LogP contribution is 2.46. The van der Waals surface area contributed by atoms with Gasteiger partial charge in [0.1, 0.15) is 0 Å². The van der Waals surface area contributed by atoms with Gasteiger partial charge in [-0.25, -0.2) is 0 Å². The molecular formula is C18H18ClNO3. The molecule has 2 aromatic rings. The fourth-order valence-corrected chi connectivity index (χ4v) is 2.86. The summed E-state index contributed by atoms with van der Waals surface area (Å²) >= 11 is 5.94. The normalized spacial score (nSPS) is 14.9. The van der Waals surface area contributed by atoms with E-state index in [4.69, 9.17) is 21.1 Å². The summed E-state index contributed by atoms with van der Waals surface area (Å²) in [5, 5.41) is 3.81. The minimum absolute atomic E-state index is 0.173. The maximum absolute atomic E-state index is 12.7. The van der Waals surface area contributed by atoms with E-state index in [1.165, 1.54) is 7.11 Å². The van der Waals surface area contributed by atoms with Crippen LogP contribution in [0.15, 0.2) is 42.5 Å². The van der Waals surface area contributed by atoms with Gasteiger partial charge in [0.05, 0.1) is 25.3 Å². The van der Waals surface area contributed by atoms with Crippen LogP contribution in [0.3, 0.4) is 0 Å². The van der Waals surface area contributed by atoms with Gasteiger partial charge >= 0.3 is 0 Å². The number of carbonyl (C=O) groups is 1. The molecule has 0 bridgehead atoms. The molecule has 1 amide bonds. The largest absolute Gasteiger partial charge is 0.493 e. The molecule has 0 aliphatic heterocycles. The van der Waals surface area contributed by atoms with E-state index in [0.717, 1.165) is 18.4 Å². The van der Waals surface area contributed by atoms with Gasteiger partial charge < -0.3 is 14.8 Å². The van der Waals surface area contributed by atoms with E-state index in [1.807, 2.05) is 24.3 Å². The number of ether oxygens (including phenoxy) is 2. The number of halogens is 1. The molecule has 0 spiro atoms. The van der Waals surface area contributed by atoms with Crippen molar-refractivity contribution in [1.82, 2.24) is 5.32 Å². The van der Waals surface area contributed by atoms with Gasteiger partial charge in [0, 0.05) is 5.02 Å². The van der Waals surface area contributed by atoms with Gasteiger partial charge in [-0.15, -0.1) is 0 Å². The lowest BCUT2D eigenvalue weighted by Gasteiger charge is -2.19. The second-order valence-electron chi connectivity index (χ2n) is 5.58. The van der Waals surface area contributed by atoms with E-state index < -0.39 is 0 Å². The fraction of sp³-hybridized carbons (Fsp3) is 0.278. The third-order valence-corrected chi connectivity index (χ3v) is 4.40. The molecule has 5 heteroatoms. The molecule has 1 aliphatic carbocycles. The van der Waals surface area contributed by atoms with Crippen molar-refractivity contribution in [3.05, 3.63) is 58.6 Å². The first-order valence-corrected chi connectivity index (χ1v) is 7.77. The van der Waals surface area contributed by atoms with E-state index >= 15 is 0 Å². The molecule has 0 heterocycles. The lowest BCUT2D eigenvalue weighted by atomic mass is 10.0. The number of benzene rings is 2. The van der Waals surface area contributed by atoms with Gasteiger partial charge in [0.25, 0.3) is 5.91 Å². The highest BCUT2D eigenvalue weighted by atomic mass is 35.5. The first kappa shape index (κ1) is 15.7. The second-order valence-corrected chi connectivity index (χ2v) is 6.02. The van der Waals surface area contributed by atoms with Crippen molar-refractivity contribution in [3.63, 3.8) is 0 Å². The van der Waals surface area contributed by atoms with E-state index in [-0.39, 0.29) is 11.4 Å². The maximum Gasteiger partial charge on any atom is 0.255 e. The van der Waals surface area contributed by atoms with Gasteiger partial charge in [0.2, 0.25) is 0 Å². The Labute approximate surface area is 140 Å². The van der Waals surface area contributed by atoms with E-state index in [0.29, 0.717) is 22.1 Å². The van der Waals surface area contributed by atoms with E-state index in [2.05, 4.69) is 5.32 Å². The summed E-state index contributed by atoms with van der Waals surface area (Å²) in [6, 6.07) is 12.9. The Morgan fingerprint density at radius 2 is 1.78 bits per heavy atom. The van der Waals surface area contributed by atoms with Crippen LogP contribution in [0.2, 0.25) is 5.02 Å². The lowest BCUT2D eigenvalue weighted by Crippen LogP contribution is -2.35. The van der Waals surface area contributed by atoms with Gasteiger partial charge in [-0.05, 0) is 42.7 Å². The monoisotopic (exact) mass is 331 g/mol. The Bertz CT molecular complexity index is 724. The van der Waals surface area contributed by atoms with Crippen LogP contribution in [0.4, 0.5) is 0 Å². The second kappa shape index (κ2) is 6.13. The van der Waals surface area contributed by atoms with E-state index in [9.17, 15) is 4.79 Å². The molecule has 1 N–H and O–H groups in total. The number of amides is 1. The van der Waals surface area contributed by atoms with E-state index in [1.54, 1.807) is 25.3 Å². The van der Waals surface area contributed by atoms with Crippen molar-refractivity contribution < 1.29 is 14.3 Å². The summed E-state index contributed by atoms with van der Waals surface area (Å²) in [5.74, 6) is 0.809. The van der Waals surface area contributed by atoms with Crippen molar-refractivity contribution in [2.45, 2.75) is 18.4 Å². The van der Waals surface area contributed by atoms with Crippen LogP contribution in [0, 0.1) is 0 Å². The number of carbonyl (C=O) groups excluding carboxylic acids is 1. The van der Waals surface area contributed by atoms with Gasteiger partial charge in [-0.3, -0.25) is 4.79 Å². The predicted molar refractivity (Wildman–Crippen MR) is 89.4 cm³/mol. The summed E-state index contributed by atoms with van der Waals surface area (Å²) in [6.07, 6.45) is 1.82. The topological polar surface area (TPSA) is 47.6 Å². The SMILES string of the molecule is COc1cccc(C(=O)NC2(c3ccc(Cl)cc3)CC2)c1OC. The van der Waals surface area contributed by atoms with Gasteiger partial charge in [0.15, 0.2) is 11.5 Å². The average Bonchev–Trinajstić information content (AvgIpc) is 3.35. The third-order valence-electron chi connectivity index (χ3n) is 4.15. The zero-order chi connectivity index (χ0) is 16.4. The standard InChI is InChI=1S/C18H18ClNO3/c1-22-15-5-3-4-14(16(15)23-2)17(21)20-18(10-11-18)12-6-8-13(19)9-7-12/h3-9H,10-11H2,1-2H3,(H,20,21). The molecule has 1 fully saturated rings. The minimum Gasteiger partial charge on any atom is -0.493 e. The maximum atomic E-state index is 12.7. The zero-order valence-corrected chi connectivity index (χ0v) is 13.8. The molecule has 2 aromatic carbocycles. The number of rotatable bonds is 5. The predicted octanol–water partition coefficient (Wildman–Crippen LogP) is 3.78. The average molecular weight is 332 g/mol. The smallest absolute Gasteiger partial charge is 0.255 e. The Morgan fingerprint density at radius 3 is 2.35 bits per heavy atom. The van der Waals surface area contributed by atoms with Crippen LogP contribution < -0.4 is 14.8 Å². The molecule has 0 atom stereocenters. The van der Waals surface area contributed by atoms with Crippen molar-refractivity contribution in [1.29, 1.82) is 0 Å². The zero-order valence-electron chi connectivity index (χ0n) is 13.1. The fourth-order valence-electron chi connectivity index (χ4n) is 2.73. The summed E-state index contributed by atoms with van der Waals surface area (Å²) in [5.41, 5.74) is 1.22. The number of nitrogens with one attached hydrogen (secondary N) is 1. The summed E-state index contributed by atoms with van der Waals surface area (Å²) in [4.78, 5) is 12.7. The molecule has 3 rings (SSSR count). The number of para-hydroxylation sites is 1. The van der Waals surface area contributed by atoms with Crippen molar-refractivity contribution in [2.75, 3.05) is 14.2 Å². The minimum atomic E-state index is -0.310. The molecule has 0 saturated heterocycles.